The van der Waals surface area contributed by atoms with Crippen LogP contribution in [0.2, 0.25) is 0 Å². The maximum Gasteiger partial charge on any atom is 0.106 e. The average Bonchev–Trinajstić information content (AvgIpc) is 2.43. The monoisotopic (exact) mass is 399 g/mol. The van der Waals surface area contributed by atoms with Gasteiger partial charge in [-0.25, -0.2) is 0 Å². The molecule has 0 saturated heterocycles. The van der Waals surface area contributed by atoms with Crippen molar-refractivity contribution in [2.45, 2.75) is 12.5 Å². The number of hydrogen-bond donors (Lipinski definition) is 3. The minimum atomic E-state index is -0.793. The SMILES string of the molecule is Nc1c(CCO)cc(Br)cc1C(O)c1ccc(Br)cc1. The summed E-state index contributed by atoms with van der Waals surface area (Å²) in [5, 5.41) is 19.6. The standard InChI is InChI=1S/C15H15Br2NO2/c16-11-3-1-9(2-4-11)15(20)13-8-12(17)7-10(5-6-19)14(13)18/h1-4,7-8,15,19-20H,5-6,18H2. The van der Waals surface area contributed by atoms with Crippen molar-refractivity contribution >= 4 is 37.5 Å². The summed E-state index contributed by atoms with van der Waals surface area (Å²) in [6.07, 6.45) is -0.330. The first-order chi connectivity index (χ1) is 9.52. The van der Waals surface area contributed by atoms with Gasteiger partial charge in [-0.1, -0.05) is 44.0 Å². The maximum absolute atomic E-state index is 10.5. The molecule has 0 bridgehead atoms. The summed E-state index contributed by atoms with van der Waals surface area (Å²) >= 11 is 6.78. The highest BCUT2D eigenvalue weighted by Gasteiger charge is 2.16. The topological polar surface area (TPSA) is 66.5 Å². The largest absolute Gasteiger partial charge is 0.398 e. The predicted octanol–water partition coefficient (Wildman–Crippen LogP) is 3.41. The Kier molecular flexibility index (Phi) is 5.21. The van der Waals surface area contributed by atoms with E-state index in [2.05, 4.69) is 31.9 Å². The van der Waals surface area contributed by atoms with E-state index in [-0.39, 0.29) is 6.61 Å². The zero-order chi connectivity index (χ0) is 14.7. The van der Waals surface area contributed by atoms with Crippen LogP contribution in [0.1, 0.15) is 22.8 Å². The Morgan fingerprint density at radius 1 is 1.05 bits per heavy atom. The Morgan fingerprint density at radius 2 is 1.70 bits per heavy atom. The molecule has 0 aliphatic carbocycles. The Labute approximate surface area is 134 Å². The van der Waals surface area contributed by atoms with E-state index in [4.69, 9.17) is 10.8 Å². The Hall–Kier alpha value is -0.880. The van der Waals surface area contributed by atoms with Gasteiger partial charge < -0.3 is 15.9 Å². The lowest BCUT2D eigenvalue weighted by molar-refractivity contribution is 0.221. The quantitative estimate of drug-likeness (QED) is 0.689. The second kappa shape index (κ2) is 6.72. The molecular weight excluding hydrogens is 386 g/mol. The van der Waals surface area contributed by atoms with Gasteiger partial charge in [0.05, 0.1) is 0 Å². The highest BCUT2D eigenvalue weighted by Crippen LogP contribution is 2.32. The fraction of sp³-hybridized carbons (Fsp3) is 0.200. The first kappa shape index (κ1) is 15.5. The van der Waals surface area contributed by atoms with E-state index in [1.54, 1.807) is 0 Å². The van der Waals surface area contributed by atoms with Gasteiger partial charge in [-0.3, -0.25) is 0 Å². The van der Waals surface area contributed by atoms with Gasteiger partial charge in [0.25, 0.3) is 0 Å². The van der Waals surface area contributed by atoms with Gasteiger partial charge in [0.1, 0.15) is 6.10 Å². The number of nitrogen functional groups attached to an aromatic ring is 1. The number of anilines is 1. The van der Waals surface area contributed by atoms with Crippen LogP contribution < -0.4 is 5.73 Å². The number of rotatable bonds is 4. The summed E-state index contributed by atoms with van der Waals surface area (Å²) in [6, 6.07) is 11.1. The zero-order valence-electron chi connectivity index (χ0n) is 10.7. The van der Waals surface area contributed by atoms with Gasteiger partial charge in [-0.05, 0) is 41.8 Å². The van der Waals surface area contributed by atoms with Gasteiger partial charge in [0.15, 0.2) is 0 Å². The molecule has 2 rings (SSSR count). The molecule has 4 N–H and O–H groups in total. The summed E-state index contributed by atoms with van der Waals surface area (Å²) in [7, 11) is 0. The fourth-order valence-electron chi connectivity index (χ4n) is 2.08. The lowest BCUT2D eigenvalue weighted by Gasteiger charge is -2.17. The van der Waals surface area contributed by atoms with Crippen LogP contribution in [0.3, 0.4) is 0 Å². The Balaban J connectivity index is 2.43. The highest BCUT2D eigenvalue weighted by molar-refractivity contribution is 9.10. The highest BCUT2D eigenvalue weighted by atomic mass is 79.9. The van der Waals surface area contributed by atoms with E-state index in [1.807, 2.05) is 36.4 Å². The van der Waals surface area contributed by atoms with Crippen LogP contribution in [0.25, 0.3) is 0 Å². The van der Waals surface area contributed by atoms with E-state index in [9.17, 15) is 5.11 Å². The number of halogens is 2. The normalized spacial score (nSPS) is 12.4. The molecule has 0 radical (unpaired) electrons. The van der Waals surface area contributed by atoms with Crippen molar-refractivity contribution in [3.63, 3.8) is 0 Å². The maximum atomic E-state index is 10.5. The van der Waals surface area contributed by atoms with Crippen LogP contribution in [0, 0.1) is 0 Å². The molecule has 0 amide bonds. The molecule has 2 aromatic carbocycles. The van der Waals surface area contributed by atoms with Crippen molar-refractivity contribution in [2.75, 3.05) is 12.3 Å². The van der Waals surface area contributed by atoms with Crippen LogP contribution in [0.4, 0.5) is 5.69 Å². The molecule has 5 heteroatoms. The van der Waals surface area contributed by atoms with Crippen LogP contribution in [0.15, 0.2) is 45.3 Å². The van der Waals surface area contributed by atoms with Crippen molar-refractivity contribution in [3.05, 3.63) is 62.0 Å². The first-order valence-corrected chi connectivity index (χ1v) is 7.73. The second-order valence-corrected chi connectivity index (χ2v) is 6.33. The van der Waals surface area contributed by atoms with E-state index in [0.29, 0.717) is 17.7 Å². The Morgan fingerprint density at radius 3 is 2.30 bits per heavy atom. The van der Waals surface area contributed by atoms with Crippen LogP contribution in [-0.2, 0) is 6.42 Å². The van der Waals surface area contributed by atoms with Gasteiger partial charge in [0, 0.05) is 26.8 Å². The van der Waals surface area contributed by atoms with E-state index < -0.39 is 6.10 Å². The van der Waals surface area contributed by atoms with Crippen molar-refractivity contribution in [3.8, 4) is 0 Å². The van der Waals surface area contributed by atoms with Gasteiger partial charge >= 0.3 is 0 Å². The summed E-state index contributed by atoms with van der Waals surface area (Å²) in [6.45, 7) is 0.0223. The summed E-state index contributed by atoms with van der Waals surface area (Å²) in [4.78, 5) is 0. The van der Waals surface area contributed by atoms with Crippen molar-refractivity contribution in [2.24, 2.45) is 0 Å². The fourth-order valence-corrected chi connectivity index (χ4v) is 2.86. The smallest absolute Gasteiger partial charge is 0.106 e. The number of aliphatic hydroxyl groups excluding tert-OH is 2. The molecule has 0 heterocycles. The van der Waals surface area contributed by atoms with Crippen molar-refractivity contribution < 1.29 is 10.2 Å². The molecular formula is C15H15Br2NO2. The molecule has 0 saturated carbocycles. The number of hydrogen-bond acceptors (Lipinski definition) is 3. The first-order valence-electron chi connectivity index (χ1n) is 6.15. The summed E-state index contributed by atoms with van der Waals surface area (Å²) in [5.74, 6) is 0. The molecule has 20 heavy (non-hydrogen) atoms. The third kappa shape index (κ3) is 3.41. The van der Waals surface area contributed by atoms with Gasteiger partial charge in [-0.2, -0.15) is 0 Å². The van der Waals surface area contributed by atoms with Crippen LogP contribution in [0.5, 0.6) is 0 Å². The number of aliphatic hydroxyl groups is 2. The molecule has 1 atom stereocenters. The molecule has 0 spiro atoms. The van der Waals surface area contributed by atoms with E-state index in [0.717, 1.165) is 20.1 Å². The van der Waals surface area contributed by atoms with Crippen molar-refractivity contribution in [1.29, 1.82) is 0 Å². The van der Waals surface area contributed by atoms with Crippen molar-refractivity contribution in [1.82, 2.24) is 0 Å². The Bertz CT molecular complexity index is 600. The molecule has 0 fully saturated rings. The molecule has 0 aromatic heterocycles. The molecule has 2 aromatic rings. The molecule has 3 nitrogen and oxygen atoms in total. The van der Waals surface area contributed by atoms with Gasteiger partial charge in [-0.15, -0.1) is 0 Å². The third-order valence-corrected chi connectivity index (χ3v) is 4.11. The summed E-state index contributed by atoms with van der Waals surface area (Å²) < 4.78 is 1.79. The second-order valence-electron chi connectivity index (χ2n) is 4.50. The minimum Gasteiger partial charge on any atom is -0.398 e. The number of benzene rings is 2. The minimum absolute atomic E-state index is 0.0223. The molecule has 0 aliphatic heterocycles. The van der Waals surface area contributed by atoms with Gasteiger partial charge in [0.2, 0.25) is 0 Å². The van der Waals surface area contributed by atoms with Crippen LogP contribution in [-0.4, -0.2) is 16.8 Å². The summed E-state index contributed by atoms with van der Waals surface area (Å²) in [5.41, 5.74) is 8.87. The average molecular weight is 401 g/mol. The molecule has 1 unspecified atom stereocenters. The molecule has 106 valence electrons. The third-order valence-electron chi connectivity index (χ3n) is 3.12. The lowest BCUT2D eigenvalue weighted by Crippen LogP contribution is -2.07. The zero-order valence-corrected chi connectivity index (χ0v) is 13.9. The van der Waals surface area contributed by atoms with E-state index >= 15 is 0 Å². The molecule has 0 aliphatic rings. The van der Waals surface area contributed by atoms with E-state index in [1.165, 1.54) is 0 Å². The van der Waals surface area contributed by atoms with Crippen LogP contribution >= 0.6 is 31.9 Å². The predicted molar refractivity (Wildman–Crippen MR) is 87.5 cm³/mol. The number of nitrogens with two attached hydrogens (primary N) is 1. The lowest BCUT2D eigenvalue weighted by atomic mass is 9.96.